The van der Waals surface area contributed by atoms with E-state index in [0.29, 0.717) is 23.1 Å². The van der Waals surface area contributed by atoms with Crippen LogP contribution in [0.3, 0.4) is 0 Å². The van der Waals surface area contributed by atoms with E-state index >= 15 is 0 Å². The zero-order chi connectivity index (χ0) is 20.4. The van der Waals surface area contributed by atoms with Crippen LogP contribution in [0.25, 0.3) is 0 Å². The zero-order valence-corrected chi connectivity index (χ0v) is 16.9. The van der Waals surface area contributed by atoms with Crippen LogP contribution in [0.2, 0.25) is 0 Å². The van der Waals surface area contributed by atoms with Crippen LogP contribution in [0.15, 0.2) is 42.5 Å². The summed E-state index contributed by atoms with van der Waals surface area (Å²) in [6.45, 7) is 2.07. The summed E-state index contributed by atoms with van der Waals surface area (Å²) in [4.78, 5) is 23.7. The minimum absolute atomic E-state index is 0.0668. The Labute approximate surface area is 173 Å². The van der Waals surface area contributed by atoms with E-state index < -0.39 is 11.9 Å². The van der Waals surface area contributed by atoms with Crippen molar-refractivity contribution in [2.24, 2.45) is 0 Å². The summed E-state index contributed by atoms with van der Waals surface area (Å²) in [6.07, 6.45) is 0.565. The van der Waals surface area contributed by atoms with Gasteiger partial charge in [-0.15, -0.1) is 5.10 Å². The van der Waals surface area contributed by atoms with Crippen LogP contribution in [0.1, 0.15) is 27.7 Å². The largest absolute Gasteiger partial charge is 0.474 e. The molecule has 0 spiro atoms. The highest BCUT2D eigenvalue weighted by atomic mass is 32.1. The van der Waals surface area contributed by atoms with Crippen LogP contribution in [0, 0.1) is 6.92 Å². The van der Waals surface area contributed by atoms with Crippen molar-refractivity contribution in [3.8, 4) is 5.88 Å². The van der Waals surface area contributed by atoms with Gasteiger partial charge in [-0.2, -0.15) is 0 Å². The summed E-state index contributed by atoms with van der Waals surface area (Å²) < 4.78 is 5.80. The highest BCUT2D eigenvalue weighted by Gasteiger charge is 2.29. The number of nitrogens with zero attached hydrogens (tertiary/aromatic N) is 4. The molecule has 29 heavy (non-hydrogen) atoms. The van der Waals surface area contributed by atoms with Gasteiger partial charge in [-0.05, 0) is 24.6 Å². The number of ether oxygens (including phenoxy) is 1. The van der Waals surface area contributed by atoms with E-state index in [4.69, 9.17) is 17.0 Å². The molecule has 2 N–H and O–H groups in total. The molecule has 1 aromatic carbocycles. The first-order valence-electron chi connectivity index (χ1n) is 9.15. The lowest BCUT2D eigenvalue weighted by Gasteiger charge is -2.22. The van der Waals surface area contributed by atoms with Gasteiger partial charge in [0.1, 0.15) is 29.1 Å². The average Bonchev–Trinajstić information content (AvgIpc) is 3.15. The molecule has 148 valence electrons. The molecule has 0 bridgehead atoms. The molecule has 2 aromatic heterocycles. The first-order chi connectivity index (χ1) is 14.0. The normalized spacial score (nSPS) is 16.0. The van der Waals surface area contributed by atoms with E-state index in [-0.39, 0.29) is 12.4 Å². The maximum absolute atomic E-state index is 12.7. The number of hydrogen-bond donors (Lipinski definition) is 2. The number of likely N-dealkylation sites (N-methyl/N-ethyl adjacent to an activating group) is 1. The lowest BCUT2D eigenvalue weighted by Crippen LogP contribution is -2.48. The molecule has 0 aliphatic carbocycles. The van der Waals surface area contributed by atoms with Crippen molar-refractivity contribution in [1.29, 1.82) is 0 Å². The smallest absolute Gasteiger partial charge is 0.291 e. The van der Waals surface area contributed by atoms with Gasteiger partial charge in [0, 0.05) is 19.2 Å². The van der Waals surface area contributed by atoms with Crippen molar-refractivity contribution in [3.63, 3.8) is 0 Å². The monoisotopic (exact) mass is 408 g/mol. The SMILES string of the molecule is Cc1ccc2c(n1)OC[C@H](NC(=O)c1n[nH]c(Cc3ccccc3)n1)C(=S)N2C. The summed E-state index contributed by atoms with van der Waals surface area (Å²) >= 11 is 5.56. The first-order valence-corrected chi connectivity index (χ1v) is 9.56. The van der Waals surface area contributed by atoms with E-state index in [2.05, 4.69) is 25.5 Å². The summed E-state index contributed by atoms with van der Waals surface area (Å²) in [5, 5.41) is 9.72. The predicted molar refractivity (Wildman–Crippen MR) is 112 cm³/mol. The lowest BCUT2D eigenvalue weighted by molar-refractivity contribution is 0.0927. The van der Waals surface area contributed by atoms with Gasteiger partial charge >= 0.3 is 0 Å². The van der Waals surface area contributed by atoms with Crippen molar-refractivity contribution >= 4 is 28.8 Å². The fourth-order valence-corrected chi connectivity index (χ4v) is 3.29. The Bertz CT molecular complexity index is 1050. The second kappa shape index (κ2) is 7.96. The second-order valence-corrected chi connectivity index (χ2v) is 7.20. The van der Waals surface area contributed by atoms with Crippen molar-refractivity contribution < 1.29 is 9.53 Å². The van der Waals surface area contributed by atoms with Crippen LogP contribution in [0.4, 0.5) is 5.69 Å². The Balaban J connectivity index is 1.45. The highest BCUT2D eigenvalue weighted by molar-refractivity contribution is 7.80. The third-order valence-corrected chi connectivity index (χ3v) is 5.17. The minimum Gasteiger partial charge on any atom is -0.474 e. The molecular formula is C20H20N6O2S. The second-order valence-electron chi connectivity index (χ2n) is 6.78. The fourth-order valence-electron chi connectivity index (χ4n) is 3.06. The molecule has 3 aromatic rings. The van der Waals surface area contributed by atoms with E-state index in [1.54, 1.807) is 4.90 Å². The van der Waals surface area contributed by atoms with E-state index in [1.807, 2.05) is 56.4 Å². The molecule has 0 fully saturated rings. The number of amides is 1. The zero-order valence-electron chi connectivity index (χ0n) is 16.0. The van der Waals surface area contributed by atoms with E-state index in [9.17, 15) is 4.79 Å². The number of aromatic amines is 1. The molecule has 9 heteroatoms. The van der Waals surface area contributed by atoms with Crippen LogP contribution >= 0.6 is 12.2 Å². The van der Waals surface area contributed by atoms with Gasteiger partial charge in [0.2, 0.25) is 11.7 Å². The summed E-state index contributed by atoms with van der Waals surface area (Å²) in [7, 11) is 1.83. The number of hydrogen-bond acceptors (Lipinski definition) is 6. The quantitative estimate of drug-likeness (QED) is 0.638. The number of nitrogens with one attached hydrogen (secondary N) is 2. The molecule has 0 unspecified atom stereocenters. The Kier molecular flexibility index (Phi) is 5.22. The number of anilines is 1. The van der Waals surface area contributed by atoms with Crippen LogP contribution in [-0.4, -0.2) is 50.8 Å². The van der Waals surface area contributed by atoms with Gasteiger partial charge < -0.3 is 15.0 Å². The van der Waals surface area contributed by atoms with Gasteiger partial charge in [-0.25, -0.2) is 9.97 Å². The minimum atomic E-state index is -0.506. The summed E-state index contributed by atoms with van der Waals surface area (Å²) in [5.74, 6) is 0.761. The van der Waals surface area contributed by atoms with Crippen molar-refractivity contribution in [1.82, 2.24) is 25.5 Å². The number of fused-ring (bicyclic) bond motifs is 1. The predicted octanol–water partition coefficient (Wildman–Crippen LogP) is 2.05. The Morgan fingerprint density at radius 3 is 2.86 bits per heavy atom. The molecule has 0 saturated heterocycles. The molecule has 8 nitrogen and oxygen atoms in total. The van der Waals surface area contributed by atoms with Gasteiger partial charge in [-0.3, -0.25) is 9.89 Å². The first kappa shape index (κ1) is 19.0. The molecule has 4 rings (SSSR count). The number of pyridine rings is 1. The Morgan fingerprint density at radius 2 is 2.07 bits per heavy atom. The molecule has 1 amide bonds. The van der Waals surface area contributed by atoms with Gasteiger partial charge in [0.25, 0.3) is 5.91 Å². The van der Waals surface area contributed by atoms with Gasteiger partial charge in [0.15, 0.2) is 0 Å². The number of benzene rings is 1. The van der Waals surface area contributed by atoms with Crippen molar-refractivity contribution in [2.75, 3.05) is 18.6 Å². The standard InChI is InChI=1S/C20H20N6O2S/c1-12-8-9-15-19(21-12)28-11-14(20(29)26(15)2)22-18(27)17-23-16(24-25-17)10-13-6-4-3-5-7-13/h3-9,14H,10-11H2,1-2H3,(H,22,27)(H,23,24,25)/t14-/m0/s1. The number of aromatic nitrogens is 4. The average molecular weight is 408 g/mol. The summed E-state index contributed by atoms with van der Waals surface area (Å²) in [6, 6.07) is 13.1. The lowest BCUT2D eigenvalue weighted by atomic mass is 10.1. The van der Waals surface area contributed by atoms with Gasteiger partial charge in [-0.1, -0.05) is 42.5 Å². The highest BCUT2D eigenvalue weighted by Crippen LogP contribution is 2.29. The number of carbonyl (C=O) groups excluding carboxylic acids is 1. The van der Waals surface area contributed by atoms with Gasteiger partial charge in [0.05, 0.1) is 0 Å². The molecule has 0 saturated carbocycles. The molecule has 1 aliphatic heterocycles. The molecule has 1 aliphatic rings. The van der Waals surface area contributed by atoms with Crippen molar-refractivity contribution in [3.05, 3.63) is 65.4 Å². The van der Waals surface area contributed by atoms with Crippen molar-refractivity contribution in [2.45, 2.75) is 19.4 Å². The number of carbonyl (C=O) groups is 1. The van der Waals surface area contributed by atoms with Crippen LogP contribution in [-0.2, 0) is 6.42 Å². The fraction of sp³-hybridized carbons (Fsp3) is 0.250. The molecule has 1 atom stereocenters. The topological polar surface area (TPSA) is 96.0 Å². The summed E-state index contributed by atoms with van der Waals surface area (Å²) in [5.41, 5.74) is 2.69. The third kappa shape index (κ3) is 4.09. The molecular weight excluding hydrogens is 388 g/mol. The van der Waals surface area contributed by atoms with E-state index in [1.165, 1.54) is 0 Å². The number of rotatable bonds is 4. The Morgan fingerprint density at radius 1 is 1.28 bits per heavy atom. The maximum atomic E-state index is 12.7. The number of thiocarbonyl (C=S) groups is 1. The Hall–Kier alpha value is -3.33. The maximum Gasteiger partial charge on any atom is 0.291 e. The number of aryl methyl sites for hydroxylation is 1. The number of H-pyrrole nitrogens is 1. The van der Waals surface area contributed by atoms with E-state index in [0.717, 1.165) is 16.9 Å². The molecule has 3 heterocycles. The van der Waals surface area contributed by atoms with Crippen LogP contribution < -0.4 is 15.0 Å². The third-order valence-electron chi connectivity index (χ3n) is 4.61. The van der Waals surface area contributed by atoms with Crippen LogP contribution in [0.5, 0.6) is 5.88 Å². The molecule has 0 radical (unpaired) electrons.